The summed E-state index contributed by atoms with van der Waals surface area (Å²) in [7, 11) is 0. The molecule has 1 fully saturated rings. The van der Waals surface area contributed by atoms with E-state index in [1.807, 2.05) is 31.2 Å². The Bertz CT molecular complexity index is 425. The number of carbonyl (C=O) groups is 1. The number of carbonyl (C=O) groups excluding carboxylic acids is 1. The van der Waals surface area contributed by atoms with E-state index in [0.29, 0.717) is 25.6 Å². The molecule has 0 saturated carbocycles. The van der Waals surface area contributed by atoms with Gasteiger partial charge in [0.05, 0.1) is 13.0 Å². The Kier molecular flexibility index (Phi) is 5.56. The van der Waals surface area contributed by atoms with Gasteiger partial charge in [0, 0.05) is 19.1 Å². The summed E-state index contributed by atoms with van der Waals surface area (Å²) < 4.78 is 0. The Morgan fingerprint density at radius 1 is 1.40 bits per heavy atom. The van der Waals surface area contributed by atoms with Crippen molar-refractivity contribution in [1.82, 2.24) is 10.2 Å². The molecule has 4 nitrogen and oxygen atoms in total. The highest BCUT2D eigenvalue weighted by atomic mass is 16.3. The van der Waals surface area contributed by atoms with Gasteiger partial charge in [-0.1, -0.05) is 29.8 Å². The summed E-state index contributed by atoms with van der Waals surface area (Å²) in [5, 5.41) is 12.5. The second-order valence-electron chi connectivity index (χ2n) is 5.52. The molecule has 1 aliphatic rings. The van der Waals surface area contributed by atoms with Gasteiger partial charge in [0.1, 0.15) is 0 Å². The smallest absolute Gasteiger partial charge is 0.227 e. The van der Waals surface area contributed by atoms with Gasteiger partial charge in [0.2, 0.25) is 5.91 Å². The van der Waals surface area contributed by atoms with Gasteiger partial charge in [0.15, 0.2) is 0 Å². The SMILES string of the molecule is Cc1ccc(CC(=O)N(CCO)CC2CCCN2)cc1. The molecule has 0 spiro atoms. The number of hydrogen-bond donors (Lipinski definition) is 2. The second kappa shape index (κ2) is 7.41. The minimum atomic E-state index is 0.0202. The van der Waals surface area contributed by atoms with E-state index in [1.165, 1.54) is 12.0 Å². The summed E-state index contributed by atoms with van der Waals surface area (Å²) in [4.78, 5) is 14.1. The van der Waals surface area contributed by atoms with E-state index in [2.05, 4.69) is 5.32 Å². The predicted molar refractivity (Wildman–Crippen MR) is 79.6 cm³/mol. The van der Waals surface area contributed by atoms with Gasteiger partial charge in [0.25, 0.3) is 0 Å². The van der Waals surface area contributed by atoms with Crippen LogP contribution in [-0.2, 0) is 11.2 Å². The van der Waals surface area contributed by atoms with Crippen molar-refractivity contribution < 1.29 is 9.90 Å². The van der Waals surface area contributed by atoms with Crippen LogP contribution < -0.4 is 5.32 Å². The maximum atomic E-state index is 12.4. The van der Waals surface area contributed by atoms with E-state index in [9.17, 15) is 4.79 Å². The van der Waals surface area contributed by atoms with Gasteiger partial charge >= 0.3 is 0 Å². The molecule has 0 aliphatic carbocycles. The van der Waals surface area contributed by atoms with Crippen molar-refractivity contribution in [1.29, 1.82) is 0 Å². The third kappa shape index (κ3) is 4.32. The highest BCUT2D eigenvalue weighted by Crippen LogP contribution is 2.10. The molecule has 1 aromatic rings. The normalized spacial score (nSPS) is 18.2. The molecule has 2 rings (SSSR count). The lowest BCUT2D eigenvalue weighted by molar-refractivity contribution is -0.131. The zero-order valence-electron chi connectivity index (χ0n) is 12.1. The molecule has 2 N–H and O–H groups in total. The van der Waals surface area contributed by atoms with Crippen LogP contribution in [0.4, 0.5) is 0 Å². The average molecular weight is 276 g/mol. The van der Waals surface area contributed by atoms with Crippen molar-refractivity contribution in [2.75, 3.05) is 26.2 Å². The number of benzene rings is 1. The average Bonchev–Trinajstić information content (AvgIpc) is 2.94. The minimum Gasteiger partial charge on any atom is -0.395 e. The molecular weight excluding hydrogens is 252 g/mol. The number of hydrogen-bond acceptors (Lipinski definition) is 3. The summed E-state index contributed by atoms with van der Waals surface area (Å²) in [5.74, 6) is 0.0941. The maximum absolute atomic E-state index is 12.4. The van der Waals surface area contributed by atoms with Crippen LogP contribution in [0.5, 0.6) is 0 Å². The maximum Gasteiger partial charge on any atom is 0.227 e. The first kappa shape index (κ1) is 15.0. The highest BCUT2D eigenvalue weighted by molar-refractivity contribution is 5.78. The highest BCUT2D eigenvalue weighted by Gasteiger charge is 2.21. The first-order valence-corrected chi connectivity index (χ1v) is 7.36. The fourth-order valence-electron chi connectivity index (χ4n) is 2.61. The predicted octanol–water partition coefficient (Wildman–Crippen LogP) is 1.11. The molecule has 0 radical (unpaired) electrons. The summed E-state index contributed by atoms with van der Waals surface area (Å²) >= 11 is 0. The molecule has 1 aliphatic heterocycles. The second-order valence-corrected chi connectivity index (χ2v) is 5.52. The zero-order chi connectivity index (χ0) is 14.4. The van der Waals surface area contributed by atoms with Crippen molar-refractivity contribution >= 4 is 5.91 Å². The lowest BCUT2D eigenvalue weighted by atomic mass is 10.1. The van der Waals surface area contributed by atoms with Gasteiger partial charge < -0.3 is 15.3 Å². The van der Waals surface area contributed by atoms with Crippen molar-refractivity contribution in [2.45, 2.75) is 32.2 Å². The lowest BCUT2D eigenvalue weighted by Gasteiger charge is -2.25. The Balaban J connectivity index is 1.93. The van der Waals surface area contributed by atoms with E-state index in [-0.39, 0.29) is 12.5 Å². The molecule has 1 heterocycles. The standard InChI is InChI=1S/C16H24N2O2/c1-13-4-6-14(7-5-13)11-16(20)18(9-10-19)12-15-3-2-8-17-15/h4-7,15,17,19H,2-3,8-12H2,1H3. The number of nitrogens with one attached hydrogen (secondary N) is 1. The van der Waals surface area contributed by atoms with Crippen LogP contribution in [0.25, 0.3) is 0 Å². The van der Waals surface area contributed by atoms with Crippen LogP contribution in [0.3, 0.4) is 0 Å². The van der Waals surface area contributed by atoms with E-state index in [0.717, 1.165) is 18.5 Å². The molecule has 20 heavy (non-hydrogen) atoms. The van der Waals surface area contributed by atoms with Crippen molar-refractivity contribution in [3.05, 3.63) is 35.4 Å². The van der Waals surface area contributed by atoms with Crippen molar-refractivity contribution in [3.63, 3.8) is 0 Å². The number of amides is 1. The van der Waals surface area contributed by atoms with Gasteiger partial charge in [-0.05, 0) is 31.9 Å². The molecule has 1 amide bonds. The molecular formula is C16H24N2O2. The third-order valence-electron chi connectivity index (χ3n) is 3.80. The topological polar surface area (TPSA) is 52.6 Å². The zero-order valence-corrected chi connectivity index (χ0v) is 12.1. The molecule has 110 valence electrons. The molecule has 1 aromatic carbocycles. The summed E-state index contributed by atoms with van der Waals surface area (Å²) in [6, 6.07) is 8.43. The van der Waals surface area contributed by atoms with Crippen LogP contribution >= 0.6 is 0 Å². The Hall–Kier alpha value is -1.39. The van der Waals surface area contributed by atoms with Crippen molar-refractivity contribution in [3.8, 4) is 0 Å². The van der Waals surface area contributed by atoms with E-state index >= 15 is 0 Å². The fraction of sp³-hybridized carbons (Fsp3) is 0.562. The van der Waals surface area contributed by atoms with Crippen LogP contribution in [0.1, 0.15) is 24.0 Å². The van der Waals surface area contributed by atoms with Gasteiger partial charge in [-0.2, -0.15) is 0 Å². The number of rotatable bonds is 6. The third-order valence-corrected chi connectivity index (χ3v) is 3.80. The number of aryl methyl sites for hydroxylation is 1. The van der Waals surface area contributed by atoms with Crippen molar-refractivity contribution in [2.24, 2.45) is 0 Å². The van der Waals surface area contributed by atoms with Gasteiger partial charge in [-0.3, -0.25) is 4.79 Å². The molecule has 0 bridgehead atoms. The quantitative estimate of drug-likeness (QED) is 0.818. The first-order valence-electron chi connectivity index (χ1n) is 7.36. The Morgan fingerprint density at radius 2 is 2.15 bits per heavy atom. The van der Waals surface area contributed by atoms with Crippen LogP contribution in [0.15, 0.2) is 24.3 Å². The molecule has 1 atom stereocenters. The summed E-state index contributed by atoms with van der Waals surface area (Å²) in [6.45, 7) is 4.21. The number of aliphatic hydroxyl groups excluding tert-OH is 1. The lowest BCUT2D eigenvalue weighted by Crippen LogP contribution is -2.43. The van der Waals surface area contributed by atoms with E-state index in [4.69, 9.17) is 5.11 Å². The van der Waals surface area contributed by atoms with Crippen LogP contribution in [-0.4, -0.2) is 48.2 Å². The largest absolute Gasteiger partial charge is 0.395 e. The van der Waals surface area contributed by atoms with E-state index < -0.39 is 0 Å². The van der Waals surface area contributed by atoms with Crippen LogP contribution in [0, 0.1) is 6.92 Å². The first-order chi connectivity index (χ1) is 9.69. The fourth-order valence-corrected chi connectivity index (χ4v) is 2.61. The number of aliphatic hydroxyl groups is 1. The summed E-state index contributed by atoms with van der Waals surface area (Å²) in [6.07, 6.45) is 2.69. The van der Waals surface area contributed by atoms with Gasteiger partial charge in [-0.15, -0.1) is 0 Å². The monoisotopic (exact) mass is 276 g/mol. The Labute approximate surface area is 120 Å². The van der Waals surface area contributed by atoms with E-state index in [1.54, 1.807) is 4.90 Å². The minimum absolute atomic E-state index is 0.0202. The Morgan fingerprint density at radius 3 is 2.75 bits per heavy atom. The molecule has 1 unspecified atom stereocenters. The molecule has 0 aromatic heterocycles. The molecule has 1 saturated heterocycles. The molecule has 4 heteroatoms. The number of nitrogens with zero attached hydrogens (tertiary/aromatic N) is 1. The van der Waals surface area contributed by atoms with Gasteiger partial charge in [-0.25, -0.2) is 0 Å². The summed E-state index contributed by atoms with van der Waals surface area (Å²) in [5.41, 5.74) is 2.23. The van der Waals surface area contributed by atoms with Crippen LogP contribution in [0.2, 0.25) is 0 Å².